The summed E-state index contributed by atoms with van der Waals surface area (Å²) in [4.78, 5) is 11.9. The van der Waals surface area contributed by atoms with E-state index in [2.05, 4.69) is 15.5 Å². The van der Waals surface area contributed by atoms with Gasteiger partial charge in [-0.1, -0.05) is 6.92 Å². The van der Waals surface area contributed by atoms with E-state index in [1.54, 1.807) is 32.0 Å². The Bertz CT molecular complexity index is 572. The Morgan fingerprint density at radius 3 is 2.60 bits per heavy atom. The molecule has 0 heterocycles. The summed E-state index contributed by atoms with van der Waals surface area (Å²) in [6, 6.07) is 5.06. The van der Waals surface area contributed by atoms with Gasteiger partial charge in [0, 0.05) is 24.3 Å². The van der Waals surface area contributed by atoms with Crippen molar-refractivity contribution in [1.29, 1.82) is 0 Å². The van der Waals surface area contributed by atoms with Crippen molar-refractivity contribution in [2.75, 3.05) is 24.3 Å². The first-order chi connectivity index (χ1) is 9.39. The quantitative estimate of drug-likeness (QED) is 0.416. The zero-order valence-corrected chi connectivity index (χ0v) is 12.4. The molecule has 0 bridgehead atoms. The predicted molar refractivity (Wildman–Crippen MR) is 78.8 cm³/mol. The monoisotopic (exact) mass is 300 g/mol. The number of aryl methyl sites for hydroxylation is 1. The molecule has 0 spiro atoms. The highest BCUT2D eigenvalue weighted by molar-refractivity contribution is 7.89. The standard InChI is InChI=1S/C12H20N4O3S/c1-3-15-20(18,19)7-6-14-12(17)11-5-4-10(16-13)8-9(11)2/h4-5,8,15-16H,3,6-7,13H2,1-2H3,(H,14,17). The Hall–Kier alpha value is -1.64. The van der Waals surface area contributed by atoms with Crippen LogP contribution in [0.15, 0.2) is 18.2 Å². The minimum Gasteiger partial charge on any atom is -0.351 e. The molecular weight excluding hydrogens is 280 g/mol. The Labute approximate surface area is 119 Å². The molecule has 0 atom stereocenters. The fourth-order valence-corrected chi connectivity index (χ4v) is 2.65. The highest BCUT2D eigenvalue weighted by Gasteiger charge is 2.12. The second-order valence-corrected chi connectivity index (χ2v) is 6.17. The third-order valence-corrected chi connectivity index (χ3v) is 4.13. The van der Waals surface area contributed by atoms with Crippen LogP contribution in [0.3, 0.4) is 0 Å². The van der Waals surface area contributed by atoms with Crippen molar-refractivity contribution in [3.05, 3.63) is 29.3 Å². The maximum atomic E-state index is 11.9. The Morgan fingerprint density at radius 2 is 2.05 bits per heavy atom. The van der Waals surface area contributed by atoms with Gasteiger partial charge in [0.1, 0.15) is 0 Å². The number of hydrogen-bond acceptors (Lipinski definition) is 5. The summed E-state index contributed by atoms with van der Waals surface area (Å²) in [7, 11) is -3.32. The van der Waals surface area contributed by atoms with E-state index in [9.17, 15) is 13.2 Å². The fraction of sp³-hybridized carbons (Fsp3) is 0.417. The van der Waals surface area contributed by atoms with E-state index in [-0.39, 0.29) is 18.2 Å². The number of rotatable bonds is 7. The third-order valence-electron chi connectivity index (χ3n) is 2.66. The summed E-state index contributed by atoms with van der Waals surface area (Å²) in [5.74, 6) is 4.82. The van der Waals surface area contributed by atoms with Gasteiger partial charge in [-0.25, -0.2) is 13.1 Å². The summed E-state index contributed by atoms with van der Waals surface area (Å²) in [6.45, 7) is 3.88. The zero-order chi connectivity index (χ0) is 15.2. The molecule has 0 saturated carbocycles. The molecule has 0 aliphatic rings. The van der Waals surface area contributed by atoms with Gasteiger partial charge in [0.15, 0.2) is 0 Å². The largest absolute Gasteiger partial charge is 0.351 e. The second kappa shape index (κ2) is 7.22. The molecule has 7 nitrogen and oxygen atoms in total. The van der Waals surface area contributed by atoms with Gasteiger partial charge in [-0.3, -0.25) is 10.6 Å². The highest BCUT2D eigenvalue weighted by Crippen LogP contribution is 2.13. The van der Waals surface area contributed by atoms with E-state index < -0.39 is 10.0 Å². The number of amides is 1. The van der Waals surface area contributed by atoms with Crippen LogP contribution >= 0.6 is 0 Å². The first kappa shape index (κ1) is 16.4. The lowest BCUT2D eigenvalue weighted by Crippen LogP contribution is -2.34. The fourth-order valence-electron chi connectivity index (χ4n) is 1.69. The number of benzene rings is 1. The molecule has 0 saturated heterocycles. The molecule has 0 fully saturated rings. The molecule has 0 aromatic heterocycles. The van der Waals surface area contributed by atoms with Crippen molar-refractivity contribution >= 4 is 21.6 Å². The van der Waals surface area contributed by atoms with E-state index in [0.717, 1.165) is 5.56 Å². The third kappa shape index (κ3) is 4.80. The van der Waals surface area contributed by atoms with Gasteiger partial charge in [-0.05, 0) is 30.7 Å². The van der Waals surface area contributed by atoms with Gasteiger partial charge in [0.05, 0.1) is 5.75 Å². The van der Waals surface area contributed by atoms with Crippen molar-refractivity contribution in [2.45, 2.75) is 13.8 Å². The van der Waals surface area contributed by atoms with Crippen LogP contribution in [0.5, 0.6) is 0 Å². The number of carbonyl (C=O) groups is 1. The smallest absolute Gasteiger partial charge is 0.251 e. The van der Waals surface area contributed by atoms with Crippen LogP contribution in [-0.2, 0) is 10.0 Å². The Balaban J connectivity index is 2.60. The molecule has 20 heavy (non-hydrogen) atoms. The molecule has 1 aromatic carbocycles. The summed E-state index contributed by atoms with van der Waals surface area (Å²) in [6.07, 6.45) is 0. The number of sulfonamides is 1. The van der Waals surface area contributed by atoms with E-state index in [0.29, 0.717) is 17.8 Å². The van der Waals surface area contributed by atoms with Crippen molar-refractivity contribution in [3.8, 4) is 0 Å². The molecule has 5 N–H and O–H groups in total. The number of hydrogen-bond donors (Lipinski definition) is 4. The SMILES string of the molecule is CCNS(=O)(=O)CCNC(=O)c1ccc(NN)cc1C. The first-order valence-corrected chi connectivity index (χ1v) is 7.87. The lowest BCUT2D eigenvalue weighted by molar-refractivity contribution is 0.0955. The first-order valence-electron chi connectivity index (χ1n) is 6.22. The summed E-state index contributed by atoms with van der Waals surface area (Å²) in [5.41, 5.74) is 4.44. The number of hydrazine groups is 1. The maximum Gasteiger partial charge on any atom is 0.251 e. The van der Waals surface area contributed by atoms with Gasteiger partial charge in [-0.15, -0.1) is 0 Å². The average molecular weight is 300 g/mol. The number of carbonyl (C=O) groups excluding carboxylic acids is 1. The molecule has 1 rings (SSSR count). The van der Waals surface area contributed by atoms with Crippen LogP contribution in [0.4, 0.5) is 5.69 Å². The number of nitrogens with two attached hydrogens (primary N) is 1. The van der Waals surface area contributed by atoms with Gasteiger partial charge >= 0.3 is 0 Å². The average Bonchev–Trinajstić information content (AvgIpc) is 2.37. The number of nitrogens with one attached hydrogen (secondary N) is 3. The minimum absolute atomic E-state index is 0.0600. The van der Waals surface area contributed by atoms with Gasteiger partial charge in [-0.2, -0.15) is 0 Å². The van der Waals surface area contributed by atoms with Crippen LogP contribution in [0.2, 0.25) is 0 Å². The zero-order valence-electron chi connectivity index (χ0n) is 11.6. The number of anilines is 1. The van der Waals surface area contributed by atoms with Crippen molar-refractivity contribution in [3.63, 3.8) is 0 Å². The van der Waals surface area contributed by atoms with Crippen LogP contribution in [-0.4, -0.2) is 33.2 Å². The van der Waals surface area contributed by atoms with E-state index in [1.165, 1.54) is 0 Å². The predicted octanol–water partition coefficient (Wildman–Crippen LogP) is -0.0503. The van der Waals surface area contributed by atoms with Gasteiger partial charge < -0.3 is 10.7 Å². The lowest BCUT2D eigenvalue weighted by atomic mass is 10.1. The molecule has 0 aliphatic carbocycles. The Morgan fingerprint density at radius 1 is 1.35 bits per heavy atom. The summed E-state index contributed by atoms with van der Waals surface area (Å²) < 4.78 is 25.2. The molecule has 112 valence electrons. The van der Waals surface area contributed by atoms with Crippen molar-refractivity contribution in [1.82, 2.24) is 10.0 Å². The molecule has 0 radical (unpaired) electrons. The normalized spacial score (nSPS) is 11.2. The summed E-state index contributed by atoms with van der Waals surface area (Å²) in [5, 5.41) is 2.58. The Kier molecular flexibility index (Phi) is 5.93. The molecular formula is C12H20N4O3S. The maximum absolute atomic E-state index is 11.9. The molecule has 1 aromatic rings. The number of nitrogen functional groups attached to an aromatic ring is 1. The van der Waals surface area contributed by atoms with Gasteiger partial charge in [0.25, 0.3) is 5.91 Å². The van der Waals surface area contributed by atoms with Crippen LogP contribution in [0.25, 0.3) is 0 Å². The lowest BCUT2D eigenvalue weighted by Gasteiger charge is -2.09. The highest BCUT2D eigenvalue weighted by atomic mass is 32.2. The van der Waals surface area contributed by atoms with Crippen LogP contribution < -0.4 is 21.3 Å². The van der Waals surface area contributed by atoms with Crippen LogP contribution in [0, 0.1) is 6.92 Å². The minimum atomic E-state index is -3.32. The van der Waals surface area contributed by atoms with Crippen molar-refractivity contribution in [2.24, 2.45) is 5.84 Å². The van der Waals surface area contributed by atoms with E-state index in [1.807, 2.05) is 0 Å². The molecule has 1 amide bonds. The van der Waals surface area contributed by atoms with Gasteiger partial charge in [0.2, 0.25) is 10.0 Å². The van der Waals surface area contributed by atoms with Crippen LogP contribution in [0.1, 0.15) is 22.8 Å². The van der Waals surface area contributed by atoms with E-state index >= 15 is 0 Å². The second-order valence-electron chi connectivity index (χ2n) is 4.25. The molecule has 0 unspecified atom stereocenters. The van der Waals surface area contributed by atoms with Crippen molar-refractivity contribution < 1.29 is 13.2 Å². The topological polar surface area (TPSA) is 113 Å². The summed E-state index contributed by atoms with van der Waals surface area (Å²) >= 11 is 0. The molecule has 0 aliphatic heterocycles. The molecule has 8 heteroatoms. The van der Waals surface area contributed by atoms with E-state index in [4.69, 9.17) is 5.84 Å².